The number of benzene rings is 1. The molecular weight excluding hydrogens is 261 g/mol. The molecule has 0 saturated heterocycles. The Labute approximate surface area is 106 Å². The van der Waals surface area contributed by atoms with E-state index in [2.05, 4.69) is 25.2 Å². The largest absolute Gasteiger partial charge is 0.573 e. The molecule has 102 valence electrons. The number of ether oxygens (including phenoxy) is 1. The number of para-hydroxylation sites is 1. The number of H-pyrrole nitrogens is 1. The molecule has 0 radical (unpaired) electrons. The third-order valence-corrected chi connectivity index (χ3v) is 2.45. The highest BCUT2D eigenvalue weighted by Gasteiger charge is 2.33. The van der Waals surface area contributed by atoms with Crippen molar-refractivity contribution in [2.75, 3.05) is 7.05 Å². The summed E-state index contributed by atoms with van der Waals surface area (Å²) in [4.78, 5) is 3.94. The monoisotopic (exact) mass is 272 g/mol. The molecule has 1 aromatic carbocycles. The minimum Gasteiger partial charge on any atom is -0.405 e. The van der Waals surface area contributed by atoms with Crippen LogP contribution in [0, 0.1) is 0 Å². The van der Waals surface area contributed by atoms with Crippen molar-refractivity contribution in [3.63, 3.8) is 0 Å². The van der Waals surface area contributed by atoms with Gasteiger partial charge in [-0.1, -0.05) is 18.2 Å². The van der Waals surface area contributed by atoms with Crippen LogP contribution in [0.15, 0.2) is 30.6 Å². The van der Waals surface area contributed by atoms with Gasteiger partial charge in [-0.05, 0) is 13.1 Å². The summed E-state index contributed by atoms with van der Waals surface area (Å²) in [5.74, 6) is 0.131. The summed E-state index contributed by atoms with van der Waals surface area (Å²) in [7, 11) is 1.61. The van der Waals surface area contributed by atoms with Crippen molar-refractivity contribution in [1.29, 1.82) is 0 Å². The highest BCUT2D eigenvalue weighted by Crippen LogP contribution is 2.31. The Morgan fingerprint density at radius 2 is 2.05 bits per heavy atom. The number of hydrogen-bond donors (Lipinski definition) is 2. The molecule has 0 fully saturated rings. The molecule has 0 aliphatic heterocycles. The number of hydrogen-bond acceptors (Lipinski definition) is 4. The lowest BCUT2D eigenvalue weighted by Gasteiger charge is -2.18. The van der Waals surface area contributed by atoms with Crippen LogP contribution in [0.5, 0.6) is 5.75 Å². The maximum Gasteiger partial charge on any atom is 0.573 e. The summed E-state index contributed by atoms with van der Waals surface area (Å²) in [6.07, 6.45) is -3.46. The van der Waals surface area contributed by atoms with Crippen molar-refractivity contribution < 1.29 is 17.9 Å². The predicted octanol–water partition coefficient (Wildman–Crippen LogP) is 2.01. The van der Waals surface area contributed by atoms with E-state index in [4.69, 9.17) is 0 Å². The van der Waals surface area contributed by atoms with Gasteiger partial charge >= 0.3 is 6.36 Å². The molecule has 0 spiro atoms. The van der Waals surface area contributed by atoms with Crippen LogP contribution in [0.25, 0.3) is 0 Å². The predicted molar refractivity (Wildman–Crippen MR) is 60.4 cm³/mol. The number of nitrogens with zero attached hydrogens (tertiary/aromatic N) is 2. The number of aromatic nitrogens is 3. The lowest BCUT2D eigenvalue weighted by Crippen LogP contribution is -2.23. The molecular formula is C11H11F3N4O. The lowest BCUT2D eigenvalue weighted by atomic mass is 10.1. The van der Waals surface area contributed by atoms with Gasteiger partial charge in [0.1, 0.15) is 17.9 Å². The molecule has 8 heteroatoms. The first-order chi connectivity index (χ1) is 9.01. The van der Waals surface area contributed by atoms with Gasteiger partial charge in [-0.15, -0.1) is 13.2 Å². The topological polar surface area (TPSA) is 62.8 Å². The van der Waals surface area contributed by atoms with Crippen molar-refractivity contribution in [1.82, 2.24) is 20.5 Å². The normalized spacial score (nSPS) is 13.3. The van der Waals surface area contributed by atoms with Crippen molar-refractivity contribution in [2.24, 2.45) is 0 Å². The standard InChI is InChI=1S/C11H11F3N4O/c1-15-9(10-16-6-17-18-10)7-4-2-3-5-8(7)19-11(12,13)14/h2-6,9,15H,1H3,(H,16,17,18). The Morgan fingerprint density at radius 1 is 1.32 bits per heavy atom. The van der Waals surface area contributed by atoms with Crippen LogP contribution < -0.4 is 10.1 Å². The number of rotatable bonds is 4. The first kappa shape index (κ1) is 13.3. The molecule has 1 atom stereocenters. The van der Waals surface area contributed by atoms with E-state index < -0.39 is 12.4 Å². The third kappa shape index (κ3) is 3.22. The maximum atomic E-state index is 12.4. The first-order valence-electron chi connectivity index (χ1n) is 5.38. The van der Waals surface area contributed by atoms with E-state index in [0.29, 0.717) is 11.4 Å². The molecule has 0 aliphatic rings. The van der Waals surface area contributed by atoms with E-state index in [-0.39, 0.29) is 5.75 Å². The van der Waals surface area contributed by atoms with E-state index >= 15 is 0 Å². The third-order valence-electron chi connectivity index (χ3n) is 2.45. The van der Waals surface area contributed by atoms with Crippen LogP contribution >= 0.6 is 0 Å². The first-order valence-corrected chi connectivity index (χ1v) is 5.38. The van der Waals surface area contributed by atoms with Gasteiger partial charge in [0.15, 0.2) is 0 Å². The number of nitrogens with one attached hydrogen (secondary N) is 2. The summed E-state index contributed by atoms with van der Waals surface area (Å²) in [5, 5.41) is 9.16. The Balaban J connectivity index is 2.38. The molecule has 2 N–H and O–H groups in total. The number of halogens is 3. The highest BCUT2D eigenvalue weighted by molar-refractivity contribution is 5.38. The molecule has 19 heavy (non-hydrogen) atoms. The van der Waals surface area contributed by atoms with Crippen LogP contribution in [0.2, 0.25) is 0 Å². The SMILES string of the molecule is CNC(c1ncn[nH]1)c1ccccc1OC(F)(F)F. The quantitative estimate of drug-likeness (QED) is 0.893. The van der Waals surface area contributed by atoms with Gasteiger partial charge in [0.2, 0.25) is 0 Å². The smallest absolute Gasteiger partial charge is 0.405 e. The zero-order valence-electron chi connectivity index (χ0n) is 9.90. The van der Waals surface area contributed by atoms with E-state index in [9.17, 15) is 13.2 Å². The van der Waals surface area contributed by atoms with Crippen LogP contribution in [0.3, 0.4) is 0 Å². The van der Waals surface area contributed by atoms with Gasteiger partial charge in [0, 0.05) is 5.56 Å². The Bertz CT molecular complexity index is 527. The molecule has 1 aromatic heterocycles. The van der Waals surface area contributed by atoms with E-state index in [1.54, 1.807) is 13.1 Å². The zero-order valence-corrected chi connectivity index (χ0v) is 9.90. The van der Waals surface area contributed by atoms with Gasteiger partial charge in [-0.25, -0.2) is 4.98 Å². The van der Waals surface area contributed by atoms with E-state index in [1.807, 2.05) is 0 Å². The molecule has 5 nitrogen and oxygen atoms in total. The average molecular weight is 272 g/mol. The molecule has 0 bridgehead atoms. The van der Waals surface area contributed by atoms with Gasteiger partial charge < -0.3 is 10.1 Å². The van der Waals surface area contributed by atoms with Crippen molar-refractivity contribution in [3.05, 3.63) is 42.0 Å². The van der Waals surface area contributed by atoms with Crippen LogP contribution in [-0.2, 0) is 0 Å². The van der Waals surface area contributed by atoms with Crippen LogP contribution in [-0.4, -0.2) is 28.6 Å². The van der Waals surface area contributed by atoms with Crippen molar-refractivity contribution in [2.45, 2.75) is 12.4 Å². The van der Waals surface area contributed by atoms with Gasteiger partial charge in [0.25, 0.3) is 0 Å². The lowest BCUT2D eigenvalue weighted by molar-refractivity contribution is -0.275. The second-order valence-electron chi connectivity index (χ2n) is 3.68. The van der Waals surface area contributed by atoms with Crippen LogP contribution in [0.1, 0.15) is 17.4 Å². The number of alkyl halides is 3. The Hall–Kier alpha value is -2.09. The molecule has 2 rings (SSSR count). The molecule has 1 unspecified atom stereocenters. The summed E-state index contributed by atoms with van der Waals surface area (Å²) in [6.45, 7) is 0. The summed E-state index contributed by atoms with van der Waals surface area (Å²) in [6, 6.07) is 5.31. The Morgan fingerprint density at radius 3 is 2.63 bits per heavy atom. The highest BCUT2D eigenvalue weighted by atomic mass is 19.4. The molecule has 0 saturated carbocycles. The summed E-state index contributed by atoms with van der Waals surface area (Å²) in [5.41, 5.74) is 0.319. The fraction of sp³-hybridized carbons (Fsp3) is 0.273. The zero-order chi connectivity index (χ0) is 13.9. The second-order valence-corrected chi connectivity index (χ2v) is 3.68. The minimum atomic E-state index is -4.74. The van der Waals surface area contributed by atoms with Gasteiger partial charge in [-0.3, -0.25) is 5.10 Å². The fourth-order valence-electron chi connectivity index (χ4n) is 1.73. The second kappa shape index (κ2) is 5.27. The van der Waals surface area contributed by atoms with Crippen molar-refractivity contribution >= 4 is 0 Å². The fourth-order valence-corrected chi connectivity index (χ4v) is 1.73. The molecule has 0 aliphatic carbocycles. The van der Waals surface area contributed by atoms with E-state index in [0.717, 1.165) is 0 Å². The van der Waals surface area contributed by atoms with Crippen molar-refractivity contribution in [3.8, 4) is 5.75 Å². The Kier molecular flexibility index (Phi) is 3.70. The average Bonchev–Trinajstić information content (AvgIpc) is 2.84. The number of aromatic amines is 1. The summed E-state index contributed by atoms with van der Waals surface area (Å²) >= 11 is 0. The van der Waals surface area contributed by atoms with Gasteiger partial charge in [0.05, 0.1) is 6.04 Å². The summed E-state index contributed by atoms with van der Waals surface area (Å²) < 4.78 is 41.1. The maximum absolute atomic E-state index is 12.4. The van der Waals surface area contributed by atoms with Gasteiger partial charge in [-0.2, -0.15) is 5.10 Å². The minimum absolute atomic E-state index is 0.272. The molecule has 2 aromatic rings. The van der Waals surface area contributed by atoms with E-state index in [1.165, 1.54) is 24.5 Å². The van der Waals surface area contributed by atoms with Crippen LogP contribution in [0.4, 0.5) is 13.2 Å². The molecule has 1 heterocycles. The molecule has 0 amide bonds.